The van der Waals surface area contributed by atoms with E-state index in [1.807, 2.05) is 12.1 Å². The van der Waals surface area contributed by atoms with Crippen molar-refractivity contribution in [2.24, 2.45) is 11.8 Å². The molecule has 0 saturated heterocycles. The van der Waals surface area contributed by atoms with Gasteiger partial charge in [0.15, 0.2) is 0 Å². The predicted octanol–water partition coefficient (Wildman–Crippen LogP) is 3.17. The molecule has 1 aromatic carbocycles. The highest BCUT2D eigenvalue weighted by atomic mass is 79.9. The second kappa shape index (κ2) is 5.19. The van der Waals surface area contributed by atoms with Crippen LogP contribution in [0.2, 0.25) is 0 Å². The molecule has 1 aliphatic carbocycles. The van der Waals surface area contributed by atoms with Crippen molar-refractivity contribution in [1.82, 2.24) is 5.32 Å². The highest BCUT2D eigenvalue weighted by Gasteiger charge is 2.27. The second-order valence-electron chi connectivity index (χ2n) is 4.79. The Labute approximate surface area is 106 Å². The standard InChI is InChI=1S/C13H19BrN2/c1-9(10-2-3-10)7-16-8-11-4-5-12(14)6-13(11)15/h4-6,9-10,16H,2-3,7-8,15H2,1H3. The van der Waals surface area contributed by atoms with Crippen LogP contribution in [0.4, 0.5) is 5.69 Å². The van der Waals surface area contributed by atoms with Crippen molar-refractivity contribution < 1.29 is 0 Å². The molecule has 3 N–H and O–H groups in total. The van der Waals surface area contributed by atoms with E-state index in [9.17, 15) is 0 Å². The molecule has 1 aliphatic rings. The Kier molecular flexibility index (Phi) is 3.87. The zero-order valence-corrected chi connectivity index (χ0v) is 11.3. The summed E-state index contributed by atoms with van der Waals surface area (Å²) in [6.45, 7) is 4.30. The Balaban J connectivity index is 1.80. The first-order chi connectivity index (χ1) is 7.66. The van der Waals surface area contributed by atoms with Crippen molar-refractivity contribution in [1.29, 1.82) is 0 Å². The Morgan fingerprint density at radius 1 is 1.50 bits per heavy atom. The fraction of sp³-hybridized carbons (Fsp3) is 0.538. The van der Waals surface area contributed by atoms with E-state index in [0.717, 1.165) is 35.1 Å². The van der Waals surface area contributed by atoms with E-state index in [1.165, 1.54) is 18.4 Å². The molecular weight excluding hydrogens is 264 g/mol. The number of benzene rings is 1. The minimum Gasteiger partial charge on any atom is -0.398 e. The average molecular weight is 283 g/mol. The van der Waals surface area contributed by atoms with E-state index >= 15 is 0 Å². The first-order valence-corrected chi connectivity index (χ1v) is 6.70. The summed E-state index contributed by atoms with van der Waals surface area (Å²) in [7, 11) is 0. The number of nitrogen functional groups attached to an aromatic ring is 1. The monoisotopic (exact) mass is 282 g/mol. The van der Waals surface area contributed by atoms with Gasteiger partial charge in [-0.25, -0.2) is 0 Å². The highest BCUT2D eigenvalue weighted by molar-refractivity contribution is 9.10. The molecule has 0 heterocycles. The van der Waals surface area contributed by atoms with Gasteiger partial charge in [-0.15, -0.1) is 0 Å². The van der Waals surface area contributed by atoms with Gasteiger partial charge >= 0.3 is 0 Å². The molecule has 1 atom stereocenters. The van der Waals surface area contributed by atoms with Crippen LogP contribution in [0.25, 0.3) is 0 Å². The number of hydrogen-bond acceptors (Lipinski definition) is 2. The smallest absolute Gasteiger partial charge is 0.0370 e. The maximum absolute atomic E-state index is 5.94. The van der Waals surface area contributed by atoms with E-state index < -0.39 is 0 Å². The minimum atomic E-state index is 0.802. The van der Waals surface area contributed by atoms with Crippen LogP contribution in [0.3, 0.4) is 0 Å². The molecule has 2 nitrogen and oxygen atoms in total. The first-order valence-electron chi connectivity index (χ1n) is 5.91. The van der Waals surface area contributed by atoms with Crippen LogP contribution in [-0.2, 0) is 6.54 Å². The molecule has 0 spiro atoms. The molecule has 1 fully saturated rings. The van der Waals surface area contributed by atoms with E-state index in [0.29, 0.717) is 0 Å². The highest BCUT2D eigenvalue weighted by Crippen LogP contribution is 2.36. The minimum absolute atomic E-state index is 0.802. The third kappa shape index (κ3) is 3.22. The van der Waals surface area contributed by atoms with Gasteiger partial charge in [-0.1, -0.05) is 28.9 Å². The number of nitrogens with one attached hydrogen (secondary N) is 1. The lowest BCUT2D eigenvalue weighted by molar-refractivity contribution is 0.462. The molecule has 2 rings (SSSR count). The number of halogens is 1. The van der Waals surface area contributed by atoms with E-state index in [4.69, 9.17) is 5.73 Å². The Morgan fingerprint density at radius 2 is 2.25 bits per heavy atom. The summed E-state index contributed by atoms with van der Waals surface area (Å²) in [6.07, 6.45) is 2.84. The van der Waals surface area contributed by atoms with Crippen molar-refractivity contribution in [2.75, 3.05) is 12.3 Å². The number of anilines is 1. The molecule has 1 unspecified atom stereocenters. The fourth-order valence-electron chi connectivity index (χ4n) is 1.99. The molecule has 88 valence electrons. The van der Waals surface area contributed by atoms with Crippen LogP contribution in [0.15, 0.2) is 22.7 Å². The fourth-order valence-corrected chi connectivity index (χ4v) is 2.37. The van der Waals surface area contributed by atoms with Crippen molar-refractivity contribution >= 4 is 21.6 Å². The van der Waals surface area contributed by atoms with Crippen molar-refractivity contribution in [3.05, 3.63) is 28.2 Å². The molecule has 16 heavy (non-hydrogen) atoms. The molecule has 1 saturated carbocycles. The van der Waals surface area contributed by atoms with Crippen LogP contribution in [-0.4, -0.2) is 6.54 Å². The summed E-state index contributed by atoms with van der Waals surface area (Å²) in [6, 6.07) is 6.08. The van der Waals surface area contributed by atoms with Crippen molar-refractivity contribution in [3.63, 3.8) is 0 Å². The van der Waals surface area contributed by atoms with Gasteiger partial charge in [0, 0.05) is 16.7 Å². The van der Waals surface area contributed by atoms with Gasteiger partial charge < -0.3 is 11.1 Å². The van der Waals surface area contributed by atoms with Crippen LogP contribution < -0.4 is 11.1 Å². The van der Waals surface area contributed by atoms with Gasteiger partial charge in [0.25, 0.3) is 0 Å². The van der Waals surface area contributed by atoms with E-state index in [2.05, 4.69) is 34.2 Å². The average Bonchev–Trinajstić information content (AvgIpc) is 3.04. The Morgan fingerprint density at radius 3 is 2.88 bits per heavy atom. The van der Waals surface area contributed by atoms with E-state index in [1.54, 1.807) is 0 Å². The van der Waals surface area contributed by atoms with Gasteiger partial charge in [0.1, 0.15) is 0 Å². The molecule has 0 aromatic heterocycles. The summed E-state index contributed by atoms with van der Waals surface area (Å²) >= 11 is 3.41. The number of hydrogen-bond donors (Lipinski definition) is 2. The van der Waals surface area contributed by atoms with Gasteiger partial charge in [-0.3, -0.25) is 0 Å². The van der Waals surface area contributed by atoms with Gasteiger partial charge in [-0.2, -0.15) is 0 Å². The van der Waals surface area contributed by atoms with Crippen LogP contribution in [0, 0.1) is 11.8 Å². The van der Waals surface area contributed by atoms with Crippen molar-refractivity contribution in [3.8, 4) is 0 Å². The van der Waals surface area contributed by atoms with E-state index in [-0.39, 0.29) is 0 Å². The summed E-state index contributed by atoms with van der Waals surface area (Å²) in [4.78, 5) is 0. The van der Waals surface area contributed by atoms with Crippen LogP contribution >= 0.6 is 15.9 Å². The molecule has 0 bridgehead atoms. The van der Waals surface area contributed by atoms with Crippen LogP contribution in [0.1, 0.15) is 25.3 Å². The lowest BCUT2D eigenvalue weighted by atomic mass is 10.1. The largest absolute Gasteiger partial charge is 0.398 e. The normalized spacial score (nSPS) is 17.4. The number of rotatable bonds is 5. The zero-order valence-electron chi connectivity index (χ0n) is 9.67. The lowest BCUT2D eigenvalue weighted by Gasteiger charge is -2.12. The first kappa shape index (κ1) is 11.9. The summed E-state index contributed by atoms with van der Waals surface area (Å²) < 4.78 is 1.04. The summed E-state index contributed by atoms with van der Waals surface area (Å²) in [5.74, 6) is 1.77. The SMILES string of the molecule is CC(CNCc1ccc(Br)cc1N)C1CC1. The van der Waals surface area contributed by atoms with Crippen molar-refractivity contribution in [2.45, 2.75) is 26.3 Å². The predicted molar refractivity (Wildman–Crippen MR) is 72.1 cm³/mol. The maximum Gasteiger partial charge on any atom is 0.0370 e. The molecule has 0 aliphatic heterocycles. The molecular formula is C13H19BrN2. The Bertz CT molecular complexity index is 361. The zero-order chi connectivity index (χ0) is 11.5. The quantitative estimate of drug-likeness (QED) is 0.815. The summed E-state index contributed by atoms with van der Waals surface area (Å²) in [5, 5.41) is 3.49. The summed E-state index contributed by atoms with van der Waals surface area (Å²) in [5.41, 5.74) is 7.99. The van der Waals surface area contributed by atoms with Gasteiger partial charge in [-0.05, 0) is 48.9 Å². The molecule has 0 amide bonds. The molecule has 0 radical (unpaired) electrons. The third-order valence-electron chi connectivity index (χ3n) is 3.32. The maximum atomic E-state index is 5.94. The van der Waals surface area contributed by atoms with Gasteiger partial charge in [0.2, 0.25) is 0 Å². The molecule has 1 aromatic rings. The number of nitrogens with two attached hydrogens (primary N) is 1. The Hall–Kier alpha value is -0.540. The lowest BCUT2D eigenvalue weighted by Crippen LogP contribution is -2.22. The second-order valence-corrected chi connectivity index (χ2v) is 5.70. The van der Waals surface area contributed by atoms with Gasteiger partial charge in [0.05, 0.1) is 0 Å². The third-order valence-corrected chi connectivity index (χ3v) is 3.81. The van der Waals surface area contributed by atoms with Crippen LogP contribution in [0.5, 0.6) is 0 Å². The molecule has 3 heteroatoms. The topological polar surface area (TPSA) is 38.0 Å².